The lowest BCUT2D eigenvalue weighted by Crippen LogP contribution is -2.22. The summed E-state index contributed by atoms with van der Waals surface area (Å²) in [7, 11) is 0. The van der Waals surface area contributed by atoms with Crippen LogP contribution in [0.15, 0.2) is 22.9 Å². The molecule has 1 fully saturated rings. The molecular formula is C12H12N2O2S2. The first-order valence-corrected chi connectivity index (χ1v) is 7.47. The van der Waals surface area contributed by atoms with Crippen molar-refractivity contribution in [2.75, 3.05) is 18.5 Å². The molecule has 3 rings (SSSR count). The summed E-state index contributed by atoms with van der Waals surface area (Å²) in [5.41, 5.74) is 0.924. The maximum Gasteiger partial charge on any atom is 0.231 e. The van der Waals surface area contributed by atoms with Crippen LogP contribution in [-0.2, 0) is 9.53 Å². The first-order valence-electron chi connectivity index (χ1n) is 5.71. The van der Waals surface area contributed by atoms with Gasteiger partial charge in [0.15, 0.2) is 5.13 Å². The molecule has 0 bridgehead atoms. The number of anilines is 1. The largest absolute Gasteiger partial charge is 0.381 e. The Balaban J connectivity index is 1.68. The maximum absolute atomic E-state index is 11.9. The van der Waals surface area contributed by atoms with Gasteiger partial charge in [-0.05, 0) is 17.9 Å². The highest BCUT2D eigenvalue weighted by Gasteiger charge is 2.24. The van der Waals surface area contributed by atoms with Gasteiger partial charge >= 0.3 is 0 Å². The second kappa shape index (κ2) is 5.17. The minimum atomic E-state index is -0.0286. The molecule has 3 heterocycles. The monoisotopic (exact) mass is 280 g/mol. The second-order valence-corrected chi connectivity index (χ2v) is 5.87. The summed E-state index contributed by atoms with van der Waals surface area (Å²) in [5, 5.41) is 7.50. The highest BCUT2D eigenvalue weighted by molar-refractivity contribution is 7.16. The van der Waals surface area contributed by atoms with E-state index in [9.17, 15) is 4.79 Å². The second-order valence-electron chi connectivity index (χ2n) is 4.06. The molecule has 0 aliphatic carbocycles. The van der Waals surface area contributed by atoms with Crippen molar-refractivity contribution in [1.82, 2.24) is 4.98 Å². The number of nitrogens with zero attached hydrogens (tertiary/aromatic N) is 1. The van der Waals surface area contributed by atoms with Crippen molar-refractivity contribution in [3.05, 3.63) is 22.9 Å². The van der Waals surface area contributed by atoms with E-state index in [1.165, 1.54) is 11.3 Å². The molecule has 0 spiro atoms. The van der Waals surface area contributed by atoms with Gasteiger partial charge in [-0.3, -0.25) is 4.79 Å². The van der Waals surface area contributed by atoms with Crippen LogP contribution in [0.5, 0.6) is 0 Å². The van der Waals surface area contributed by atoms with E-state index in [0.29, 0.717) is 18.3 Å². The molecule has 1 aliphatic heterocycles. The highest BCUT2D eigenvalue weighted by Crippen LogP contribution is 2.28. The Morgan fingerprint density at radius 1 is 1.50 bits per heavy atom. The van der Waals surface area contributed by atoms with E-state index >= 15 is 0 Å². The van der Waals surface area contributed by atoms with Gasteiger partial charge in [0.25, 0.3) is 0 Å². The molecule has 94 valence electrons. The van der Waals surface area contributed by atoms with Crippen LogP contribution >= 0.6 is 22.7 Å². The Kier molecular flexibility index (Phi) is 3.40. The van der Waals surface area contributed by atoms with Crippen LogP contribution in [0, 0.1) is 5.92 Å². The zero-order chi connectivity index (χ0) is 12.4. The number of thiophene rings is 1. The van der Waals surface area contributed by atoms with Gasteiger partial charge < -0.3 is 10.1 Å². The zero-order valence-electron chi connectivity index (χ0n) is 9.59. The van der Waals surface area contributed by atoms with Crippen LogP contribution in [0.2, 0.25) is 0 Å². The van der Waals surface area contributed by atoms with E-state index in [2.05, 4.69) is 10.3 Å². The number of thiazole rings is 1. The Morgan fingerprint density at radius 2 is 2.44 bits per heavy atom. The molecular weight excluding hydrogens is 268 g/mol. The number of amides is 1. The van der Waals surface area contributed by atoms with Crippen molar-refractivity contribution in [3.8, 4) is 10.6 Å². The lowest BCUT2D eigenvalue weighted by molar-refractivity contribution is -0.119. The van der Waals surface area contributed by atoms with E-state index in [-0.39, 0.29) is 11.8 Å². The third-order valence-corrected chi connectivity index (χ3v) is 4.46. The highest BCUT2D eigenvalue weighted by atomic mass is 32.1. The lowest BCUT2D eigenvalue weighted by atomic mass is 10.1. The van der Waals surface area contributed by atoms with E-state index < -0.39 is 0 Å². The number of hydrogen-bond acceptors (Lipinski definition) is 5. The van der Waals surface area contributed by atoms with Gasteiger partial charge in [0.1, 0.15) is 0 Å². The summed E-state index contributed by atoms with van der Waals surface area (Å²) in [6.45, 7) is 1.20. The van der Waals surface area contributed by atoms with E-state index in [1.807, 2.05) is 22.9 Å². The van der Waals surface area contributed by atoms with Gasteiger partial charge in [-0.15, -0.1) is 22.7 Å². The molecule has 0 aromatic carbocycles. The average molecular weight is 280 g/mol. The Hall–Kier alpha value is -1.24. The van der Waals surface area contributed by atoms with Gasteiger partial charge in [-0.25, -0.2) is 4.98 Å². The molecule has 1 N–H and O–H groups in total. The quantitative estimate of drug-likeness (QED) is 0.940. The van der Waals surface area contributed by atoms with E-state index in [4.69, 9.17) is 4.74 Å². The summed E-state index contributed by atoms with van der Waals surface area (Å²) in [4.78, 5) is 17.4. The molecule has 2 aromatic rings. The Morgan fingerprint density at radius 3 is 3.17 bits per heavy atom. The van der Waals surface area contributed by atoms with Crippen molar-refractivity contribution >= 4 is 33.7 Å². The van der Waals surface area contributed by atoms with Crippen molar-refractivity contribution in [2.24, 2.45) is 5.92 Å². The topological polar surface area (TPSA) is 51.2 Å². The van der Waals surface area contributed by atoms with Crippen molar-refractivity contribution in [3.63, 3.8) is 0 Å². The zero-order valence-corrected chi connectivity index (χ0v) is 11.2. The third kappa shape index (κ3) is 2.45. The summed E-state index contributed by atoms with van der Waals surface area (Å²) in [6, 6.07) is 4.02. The minimum absolute atomic E-state index is 0.0135. The molecule has 0 saturated carbocycles. The smallest absolute Gasteiger partial charge is 0.231 e. The summed E-state index contributed by atoms with van der Waals surface area (Å²) in [6.07, 6.45) is 0.801. The average Bonchev–Trinajstić information content (AvgIpc) is 3.12. The molecule has 6 heteroatoms. The van der Waals surface area contributed by atoms with Gasteiger partial charge in [0.05, 0.1) is 23.1 Å². The van der Waals surface area contributed by atoms with Gasteiger partial charge in [0, 0.05) is 12.0 Å². The molecule has 1 amide bonds. The number of ether oxygens (including phenoxy) is 1. The van der Waals surface area contributed by atoms with Crippen LogP contribution in [0.4, 0.5) is 5.13 Å². The summed E-state index contributed by atoms with van der Waals surface area (Å²) < 4.78 is 5.20. The molecule has 18 heavy (non-hydrogen) atoms. The van der Waals surface area contributed by atoms with Crippen molar-refractivity contribution in [1.29, 1.82) is 0 Å². The minimum Gasteiger partial charge on any atom is -0.381 e. The summed E-state index contributed by atoms with van der Waals surface area (Å²) in [5.74, 6) is -0.0151. The maximum atomic E-state index is 11.9. The van der Waals surface area contributed by atoms with Crippen LogP contribution in [0.3, 0.4) is 0 Å². The first-order chi connectivity index (χ1) is 8.83. The van der Waals surface area contributed by atoms with Crippen molar-refractivity contribution < 1.29 is 9.53 Å². The Bertz CT molecular complexity index is 530. The normalized spacial score (nSPS) is 19.0. The number of carbonyl (C=O) groups excluding carboxylic acids is 1. The number of nitrogens with one attached hydrogen (secondary N) is 1. The number of aromatic nitrogens is 1. The van der Waals surface area contributed by atoms with E-state index in [0.717, 1.165) is 17.0 Å². The predicted molar refractivity (Wildman–Crippen MR) is 73.0 cm³/mol. The number of rotatable bonds is 3. The van der Waals surface area contributed by atoms with Crippen LogP contribution in [0.25, 0.3) is 10.6 Å². The van der Waals surface area contributed by atoms with Crippen LogP contribution < -0.4 is 5.32 Å². The third-order valence-electron chi connectivity index (χ3n) is 2.81. The van der Waals surface area contributed by atoms with Gasteiger partial charge in [0.2, 0.25) is 5.91 Å². The lowest BCUT2D eigenvalue weighted by Gasteiger charge is -2.05. The van der Waals surface area contributed by atoms with E-state index in [1.54, 1.807) is 11.3 Å². The fourth-order valence-electron chi connectivity index (χ4n) is 1.82. The SMILES string of the molecule is O=C(Nc1nc(-c2cccs2)cs1)C1CCOC1. The van der Waals surface area contributed by atoms with Crippen molar-refractivity contribution in [2.45, 2.75) is 6.42 Å². The standard InChI is InChI=1S/C12H12N2O2S2/c15-11(8-3-4-16-6-8)14-12-13-9(7-18-12)10-2-1-5-17-10/h1-2,5,7-8H,3-4,6H2,(H,13,14,15). The molecule has 1 atom stereocenters. The molecule has 1 saturated heterocycles. The number of hydrogen-bond donors (Lipinski definition) is 1. The summed E-state index contributed by atoms with van der Waals surface area (Å²) >= 11 is 3.10. The molecule has 0 radical (unpaired) electrons. The molecule has 2 aromatic heterocycles. The fourth-order valence-corrected chi connectivity index (χ4v) is 3.29. The molecule has 4 nitrogen and oxygen atoms in total. The van der Waals surface area contributed by atoms with Crippen LogP contribution in [-0.4, -0.2) is 24.1 Å². The predicted octanol–water partition coefficient (Wildman–Crippen LogP) is 2.85. The van der Waals surface area contributed by atoms with Crippen LogP contribution in [0.1, 0.15) is 6.42 Å². The molecule has 1 aliphatic rings. The van der Waals surface area contributed by atoms with Gasteiger partial charge in [-0.1, -0.05) is 6.07 Å². The Labute approximate surface area is 113 Å². The first kappa shape index (κ1) is 11.8. The molecule has 1 unspecified atom stereocenters. The van der Waals surface area contributed by atoms with Gasteiger partial charge in [-0.2, -0.15) is 0 Å². The fraction of sp³-hybridized carbons (Fsp3) is 0.333. The number of carbonyl (C=O) groups is 1.